The van der Waals surface area contributed by atoms with Crippen molar-refractivity contribution in [3.05, 3.63) is 35.3 Å². The quantitative estimate of drug-likeness (QED) is 0.662. The summed E-state index contributed by atoms with van der Waals surface area (Å²) in [6, 6.07) is 4.45. The number of halogens is 1. The van der Waals surface area contributed by atoms with Gasteiger partial charge in [0.2, 0.25) is 0 Å². The number of hydrogen-bond acceptors (Lipinski definition) is 6. The van der Waals surface area contributed by atoms with Crippen LogP contribution in [0.4, 0.5) is 20.7 Å². The van der Waals surface area contributed by atoms with Gasteiger partial charge in [0.05, 0.1) is 16.3 Å². The molecule has 0 bridgehead atoms. The summed E-state index contributed by atoms with van der Waals surface area (Å²) in [4.78, 5) is 11.9. The van der Waals surface area contributed by atoms with Crippen molar-refractivity contribution in [2.24, 2.45) is 0 Å². The number of alkyl carbamates (subject to hydrolysis) is 1. The van der Waals surface area contributed by atoms with E-state index in [4.69, 9.17) is 4.74 Å². The summed E-state index contributed by atoms with van der Waals surface area (Å²) in [5.41, 5.74) is 1.70. The van der Waals surface area contributed by atoms with E-state index in [0.717, 1.165) is 24.6 Å². The fourth-order valence-corrected chi connectivity index (χ4v) is 5.59. The predicted molar refractivity (Wildman–Crippen MR) is 109 cm³/mol. The first kappa shape index (κ1) is 20.6. The number of carbonyl (C=O) groups is 1. The first-order valence-corrected chi connectivity index (χ1v) is 11.7. The van der Waals surface area contributed by atoms with Gasteiger partial charge in [0.25, 0.3) is 0 Å². The fourth-order valence-electron chi connectivity index (χ4n) is 4.03. The van der Waals surface area contributed by atoms with Crippen LogP contribution in [0.1, 0.15) is 50.3 Å². The van der Waals surface area contributed by atoms with E-state index in [-0.39, 0.29) is 34.4 Å². The van der Waals surface area contributed by atoms with E-state index in [0.29, 0.717) is 24.2 Å². The molecular formula is C20H25FN4O4S. The number of fused-ring (bicyclic) bond motifs is 1. The molecule has 2 atom stereocenters. The van der Waals surface area contributed by atoms with Gasteiger partial charge in [-0.25, -0.2) is 17.6 Å². The smallest absolute Gasteiger partial charge is 0.407 e. The molecule has 0 spiro atoms. The minimum absolute atomic E-state index is 0.0118. The molecule has 162 valence electrons. The van der Waals surface area contributed by atoms with Crippen molar-refractivity contribution in [1.29, 1.82) is 0 Å². The monoisotopic (exact) mass is 436 g/mol. The summed E-state index contributed by atoms with van der Waals surface area (Å²) < 4.78 is 43.7. The van der Waals surface area contributed by atoms with Crippen molar-refractivity contribution in [2.45, 2.75) is 62.5 Å². The highest BCUT2D eigenvalue weighted by molar-refractivity contribution is 7.91. The first-order valence-electron chi connectivity index (χ1n) is 10.1. The Morgan fingerprint density at radius 1 is 1.30 bits per heavy atom. The zero-order valence-electron chi connectivity index (χ0n) is 16.9. The van der Waals surface area contributed by atoms with Crippen LogP contribution in [0.25, 0.3) is 0 Å². The number of aromatic nitrogens is 2. The average Bonchev–Trinajstić information content (AvgIpc) is 3.36. The molecule has 0 radical (unpaired) electrons. The second kappa shape index (κ2) is 7.90. The molecule has 1 saturated carbocycles. The summed E-state index contributed by atoms with van der Waals surface area (Å²) in [7, 11) is -3.38. The highest BCUT2D eigenvalue weighted by Gasteiger charge is 2.31. The summed E-state index contributed by atoms with van der Waals surface area (Å²) >= 11 is 0. The lowest BCUT2D eigenvalue weighted by atomic mass is 10.0. The predicted octanol–water partition coefficient (Wildman–Crippen LogP) is 3.39. The standard InChI is InChI=1S/C20H25FN4O4S/c1-11(2)22-20(26)29-14-4-3-12(7-14)16-10-19(25-24-16)23-17-8-13-5-6-30(27,28)18(13)9-15(17)21/h8-12,14H,3-7H2,1-2H3,(H,22,26)(H2,23,24,25). The molecule has 1 aliphatic heterocycles. The lowest BCUT2D eigenvalue weighted by Crippen LogP contribution is -2.33. The molecule has 30 heavy (non-hydrogen) atoms. The van der Waals surface area contributed by atoms with Crippen molar-refractivity contribution < 1.29 is 22.3 Å². The van der Waals surface area contributed by atoms with E-state index in [2.05, 4.69) is 20.8 Å². The molecule has 10 heteroatoms. The first-order chi connectivity index (χ1) is 14.2. The maximum absolute atomic E-state index is 14.4. The SMILES string of the molecule is CC(C)NC(=O)OC1CCC(c2cc(Nc3cc4c(cc3F)S(=O)(=O)CC4)n[nH]2)C1. The molecule has 1 fully saturated rings. The normalized spacial score (nSPS) is 22.1. The van der Waals surface area contributed by atoms with E-state index in [1.165, 1.54) is 6.07 Å². The number of ether oxygens (including phenoxy) is 1. The zero-order chi connectivity index (χ0) is 21.5. The van der Waals surface area contributed by atoms with Gasteiger partial charge in [0.15, 0.2) is 15.7 Å². The summed E-state index contributed by atoms with van der Waals surface area (Å²) in [5, 5.41) is 12.8. The van der Waals surface area contributed by atoms with Gasteiger partial charge in [-0.1, -0.05) is 0 Å². The van der Waals surface area contributed by atoms with E-state index < -0.39 is 21.7 Å². The molecule has 2 aliphatic rings. The number of carbonyl (C=O) groups excluding carboxylic acids is 1. The molecule has 1 aliphatic carbocycles. The van der Waals surface area contributed by atoms with Crippen LogP contribution in [0.15, 0.2) is 23.1 Å². The second-order valence-corrected chi connectivity index (χ2v) is 10.3. The Labute approximate surface area is 174 Å². The average molecular weight is 437 g/mol. The third-order valence-electron chi connectivity index (χ3n) is 5.49. The highest BCUT2D eigenvalue weighted by atomic mass is 32.2. The molecule has 1 aromatic carbocycles. The molecule has 2 unspecified atom stereocenters. The molecule has 2 aromatic rings. The van der Waals surface area contributed by atoms with Gasteiger partial charge in [-0.3, -0.25) is 5.10 Å². The third-order valence-corrected chi connectivity index (χ3v) is 7.28. The fraction of sp³-hybridized carbons (Fsp3) is 0.500. The van der Waals surface area contributed by atoms with Crippen LogP contribution >= 0.6 is 0 Å². The van der Waals surface area contributed by atoms with Gasteiger partial charge in [-0.05, 0) is 57.2 Å². The number of nitrogens with zero attached hydrogens (tertiary/aromatic N) is 1. The van der Waals surface area contributed by atoms with Crippen LogP contribution in [-0.4, -0.2) is 42.6 Å². The Kier molecular flexibility index (Phi) is 5.44. The van der Waals surface area contributed by atoms with Crippen LogP contribution in [0, 0.1) is 5.82 Å². The van der Waals surface area contributed by atoms with E-state index in [1.54, 1.807) is 0 Å². The van der Waals surface area contributed by atoms with E-state index >= 15 is 0 Å². The summed E-state index contributed by atoms with van der Waals surface area (Å²) in [6.45, 7) is 3.75. The number of aryl methyl sites for hydroxylation is 1. The molecule has 2 heterocycles. The Morgan fingerprint density at radius 2 is 2.10 bits per heavy atom. The minimum Gasteiger partial charge on any atom is -0.446 e. The molecular weight excluding hydrogens is 411 g/mol. The number of benzene rings is 1. The summed E-state index contributed by atoms with van der Waals surface area (Å²) in [5.74, 6) is -0.00135. The number of nitrogens with one attached hydrogen (secondary N) is 3. The number of rotatable bonds is 5. The number of aromatic amines is 1. The van der Waals surface area contributed by atoms with E-state index in [9.17, 15) is 17.6 Å². The van der Waals surface area contributed by atoms with Gasteiger partial charge in [0.1, 0.15) is 11.9 Å². The van der Waals surface area contributed by atoms with E-state index in [1.807, 2.05) is 19.9 Å². The number of amides is 1. The van der Waals surface area contributed by atoms with Gasteiger partial charge in [-0.2, -0.15) is 5.10 Å². The Morgan fingerprint density at radius 3 is 2.87 bits per heavy atom. The molecule has 1 amide bonds. The van der Waals surface area contributed by atoms with Crippen LogP contribution in [0.3, 0.4) is 0 Å². The number of sulfone groups is 1. The summed E-state index contributed by atoms with van der Waals surface area (Å²) in [6.07, 6.45) is 2.14. The number of anilines is 2. The minimum atomic E-state index is -3.38. The van der Waals surface area contributed by atoms with Crippen molar-refractivity contribution in [3.8, 4) is 0 Å². The van der Waals surface area contributed by atoms with Crippen LogP contribution in [0.5, 0.6) is 0 Å². The molecule has 3 N–H and O–H groups in total. The third kappa shape index (κ3) is 4.28. The van der Waals surface area contributed by atoms with Gasteiger partial charge >= 0.3 is 6.09 Å². The van der Waals surface area contributed by atoms with Crippen LogP contribution < -0.4 is 10.6 Å². The Balaban J connectivity index is 1.40. The van der Waals surface area contributed by atoms with Gasteiger partial charge in [-0.15, -0.1) is 0 Å². The number of H-pyrrole nitrogens is 1. The number of hydrogen-bond donors (Lipinski definition) is 3. The van der Waals surface area contributed by atoms with Crippen molar-refractivity contribution >= 4 is 27.4 Å². The maximum atomic E-state index is 14.4. The molecule has 4 rings (SSSR count). The zero-order valence-corrected chi connectivity index (χ0v) is 17.7. The molecule has 8 nitrogen and oxygen atoms in total. The molecule has 1 aromatic heterocycles. The topological polar surface area (TPSA) is 113 Å². The van der Waals surface area contributed by atoms with Crippen molar-refractivity contribution in [3.63, 3.8) is 0 Å². The van der Waals surface area contributed by atoms with Crippen molar-refractivity contribution in [1.82, 2.24) is 15.5 Å². The lowest BCUT2D eigenvalue weighted by molar-refractivity contribution is 0.0981. The largest absolute Gasteiger partial charge is 0.446 e. The van der Waals surface area contributed by atoms with Crippen LogP contribution in [-0.2, 0) is 21.0 Å². The van der Waals surface area contributed by atoms with Gasteiger partial charge in [0, 0.05) is 23.7 Å². The van der Waals surface area contributed by atoms with Crippen LogP contribution in [0.2, 0.25) is 0 Å². The lowest BCUT2D eigenvalue weighted by Gasteiger charge is -2.14. The molecule has 0 saturated heterocycles. The van der Waals surface area contributed by atoms with Gasteiger partial charge < -0.3 is 15.4 Å². The maximum Gasteiger partial charge on any atom is 0.407 e. The second-order valence-electron chi connectivity index (χ2n) is 8.18. The highest BCUT2D eigenvalue weighted by Crippen LogP contribution is 2.37. The Bertz CT molecular complexity index is 1070. The van der Waals surface area contributed by atoms with Crippen molar-refractivity contribution in [2.75, 3.05) is 11.1 Å². The Hall–Kier alpha value is -2.62.